The number of aromatic nitrogens is 1. The van der Waals surface area contributed by atoms with Crippen LogP contribution in [0.4, 0.5) is 19.0 Å². The lowest BCUT2D eigenvalue weighted by atomic mass is 9.84. The van der Waals surface area contributed by atoms with E-state index in [-0.39, 0.29) is 22.6 Å². The number of pyridine rings is 1. The Morgan fingerprint density at radius 3 is 2.55 bits per heavy atom. The van der Waals surface area contributed by atoms with Gasteiger partial charge in [-0.2, -0.15) is 0 Å². The van der Waals surface area contributed by atoms with Crippen LogP contribution in [0.2, 0.25) is 0 Å². The molecule has 4 rings (SSSR count). The Hall–Kier alpha value is -3.75. The van der Waals surface area contributed by atoms with Gasteiger partial charge in [-0.3, -0.25) is 0 Å². The van der Waals surface area contributed by atoms with Crippen molar-refractivity contribution in [3.63, 3.8) is 0 Å². The molecule has 3 aromatic rings. The summed E-state index contributed by atoms with van der Waals surface area (Å²) in [6.45, 7) is 5.96. The van der Waals surface area contributed by atoms with Crippen LogP contribution in [0, 0.1) is 12.7 Å². The van der Waals surface area contributed by atoms with Crippen molar-refractivity contribution in [3.05, 3.63) is 71.0 Å². The largest absolute Gasteiger partial charge is 0.586 e. The van der Waals surface area contributed by atoms with Gasteiger partial charge in [0.15, 0.2) is 11.5 Å². The third-order valence-corrected chi connectivity index (χ3v) is 5.46. The highest BCUT2D eigenvalue weighted by molar-refractivity contribution is 5.89. The minimum absolute atomic E-state index is 0.0250. The van der Waals surface area contributed by atoms with Crippen LogP contribution in [-0.4, -0.2) is 28.9 Å². The smallest absolute Gasteiger partial charge is 0.478 e. The summed E-state index contributed by atoms with van der Waals surface area (Å²) in [4.78, 5) is 15.8. The fourth-order valence-electron chi connectivity index (χ4n) is 3.52. The zero-order valence-electron chi connectivity index (χ0n) is 18.1. The maximum atomic E-state index is 14.5. The quantitative estimate of drug-likeness (QED) is 0.500. The highest BCUT2D eigenvalue weighted by Gasteiger charge is 2.43. The second-order valence-electron chi connectivity index (χ2n) is 8.43. The average Bonchev–Trinajstić information content (AvgIpc) is 3.06. The van der Waals surface area contributed by atoms with E-state index in [9.17, 15) is 23.1 Å². The molecule has 0 bridgehead atoms. The highest BCUT2D eigenvalue weighted by atomic mass is 19.3. The van der Waals surface area contributed by atoms with Gasteiger partial charge in [0.25, 0.3) is 0 Å². The molecule has 1 aromatic heterocycles. The lowest BCUT2D eigenvalue weighted by molar-refractivity contribution is -0.286. The topological polar surface area (TPSA) is 80.7 Å². The molecule has 0 unspecified atom stereocenters. The van der Waals surface area contributed by atoms with Crippen LogP contribution in [0.5, 0.6) is 11.5 Å². The number of ether oxygens (including phenoxy) is 2. The molecule has 1 aliphatic heterocycles. The molecule has 2 heterocycles. The van der Waals surface area contributed by atoms with E-state index in [0.717, 1.165) is 11.6 Å². The lowest BCUT2D eigenvalue weighted by Crippen LogP contribution is -2.28. The van der Waals surface area contributed by atoms with E-state index in [2.05, 4.69) is 19.8 Å². The summed E-state index contributed by atoms with van der Waals surface area (Å²) in [6.07, 6.45) is -3.68. The molecule has 2 N–H and O–H groups in total. The molecule has 0 atom stereocenters. The number of benzene rings is 2. The van der Waals surface area contributed by atoms with Crippen LogP contribution >= 0.6 is 0 Å². The molecule has 0 saturated heterocycles. The number of halogens is 3. The van der Waals surface area contributed by atoms with Crippen LogP contribution in [0.25, 0.3) is 11.3 Å². The standard InChI is InChI=1S/C24H21F3N2O4/c1-13-4-9-20(29-21(13)16-10-14(22(30)31)5-7-17(16)25)28-12-23(2,3)15-6-8-18-19(11-15)33-24(26,27)32-18/h4-11H,12H2,1-3H3,(H,28,29)(H,30,31). The molecule has 0 aliphatic carbocycles. The maximum absolute atomic E-state index is 14.5. The molecule has 0 saturated carbocycles. The van der Waals surface area contributed by atoms with E-state index in [1.807, 2.05) is 13.8 Å². The summed E-state index contributed by atoms with van der Waals surface area (Å²) < 4.78 is 50.1. The normalized spacial score (nSPS) is 14.2. The van der Waals surface area contributed by atoms with Crippen molar-refractivity contribution in [1.82, 2.24) is 4.98 Å². The first kappa shape index (κ1) is 22.4. The molecule has 0 amide bonds. The van der Waals surface area contributed by atoms with Gasteiger partial charge >= 0.3 is 12.3 Å². The van der Waals surface area contributed by atoms with Gasteiger partial charge in [0.05, 0.1) is 11.3 Å². The Morgan fingerprint density at radius 2 is 1.82 bits per heavy atom. The zero-order chi connectivity index (χ0) is 24.0. The van der Waals surface area contributed by atoms with Crippen LogP contribution in [0.3, 0.4) is 0 Å². The first-order valence-electron chi connectivity index (χ1n) is 10.1. The Labute approximate surface area is 188 Å². The minimum Gasteiger partial charge on any atom is -0.478 e. The van der Waals surface area contributed by atoms with Crippen molar-refractivity contribution < 1.29 is 32.5 Å². The molecule has 172 valence electrons. The molecular weight excluding hydrogens is 437 g/mol. The number of nitrogens with zero attached hydrogens (tertiary/aromatic N) is 1. The van der Waals surface area contributed by atoms with Crippen LogP contribution in [0.15, 0.2) is 48.5 Å². The van der Waals surface area contributed by atoms with Gasteiger partial charge in [-0.25, -0.2) is 14.2 Å². The molecular formula is C24H21F3N2O4. The number of hydrogen-bond donors (Lipinski definition) is 2. The molecule has 2 aromatic carbocycles. The van der Waals surface area contributed by atoms with Gasteiger partial charge < -0.3 is 19.9 Å². The Balaban J connectivity index is 1.57. The number of aromatic carboxylic acids is 1. The van der Waals surface area contributed by atoms with E-state index in [1.165, 1.54) is 24.3 Å². The van der Waals surface area contributed by atoms with E-state index < -0.39 is 23.5 Å². The number of carboxylic acids is 1. The molecule has 0 fully saturated rings. The van der Waals surface area contributed by atoms with Crippen LogP contribution < -0.4 is 14.8 Å². The second kappa shape index (κ2) is 7.99. The van der Waals surface area contributed by atoms with Crippen molar-refractivity contribution in [2.45, 2.75) is 32.5 Å². The van der Waals surface area contributed by atoms with E-state index in [0.29, 0.717) is 23.6 Å². The Kier molecular flexibility index (Phi) is 5.43. The Bertz CT molecular complexity index is 1240. The predicted octanol–water partition coefficient (Wildman–Crippen LogP) is 5.61. The number of fused-ring (bicyclic) bond motifs is 1. The number of aryl methyl sites for hydroxylation is 1. The van der Waals surface area contributed by atoms with E-state index >= 15 is 0 Å². The minimum atomic E-state index is -3.68. The van der Waals surface area contributed by atoms with Crippen molar-refractivity contribution >= 4 is 11.8 Å². The first-order valence-corrected chi connectivity index (χ1v) is 10.1. The zero-order valence-corrected chi connectivity index (χ0v) is 18.1. The summed E-state index contributed by atoms with van der Waals surface area (Å²) in [5, 5.41) is 12.4. The fourth-order valence-corrected chi connectivity index (χ4v) is 3.52. The Morgan fingerprint density at radius 1 is 1.09 bits per heavy atom. The molecule has 33 heavy (non-hydrogen) atoms. The third-order valence-electron chi connectivity index (χ3n) is 5.46. The number of hydrogen-bond acceptors (Lipinski definition) is 5. The fraction of sp³-hybridized carbons (Fsp3) is 0.250. The van der Waals surface area contributed by atoms with Gasteiger partial charge in [-0.15, -0.1) is 8.78 Å². The number of anilines is 1. The first-order chi connectivity index (χ1) is 15.4. The van der Waals surface area contributed by atoms with Crippen molar-refractivity contribution in [3.8, 4) is 22.8 Å². The number of rotatable bonds is 6. The van der Waals surface area contributed by atoms with E-state index in [4.69, 9.17) is 0 Å². The monoisotopic (exact) mass is 458 g/mol. The van der Waals surface area contributed by atoms with Crippen LogP contribution in [-0.2, 0) is 5.41 Å². The molecule has 0 spiro atoms. The average molecular weight is 458 g/mol. The molecule has 0 radical (unpaired) electrons. The van der Waals surface area contributed by atoms with Gasteiger partial charge in [0.1, 0.15) is 11.6 Å². The number of alkyl halides is 2. The highest BCUT2D eigenvalue weighted by Crippen LogP contribution is 2.43. The molecule has 1 aliphatic rings. The summed E-state index contributed by atoms with van der Waals surface area (Å²) in [5.41, 5.74) is 1.27. The summed E-state index contributed by atoms with van der Waals surface area (Å²) >= 11 is 0. The van der Waals surface area contributed by atoms with E-state index in [1.54, 1.807) is 25.1 Å². The van der Waals surface area contributed by atoms with Gasteiger partial charge in [0.2, 0.25) is 0 Å². The number of nitrogens with one attached hydrogen (secondary N) is 1. The maximum Gasteiger partial charge on any atom is 0.586 e. The van der Waals surface area contributed by atoms with Crippen molar-refractivity contribution in [2.75, 3.05) is 11.9 Å². The lowest BCUT2D eigenvalue weighted by Gasteiger charge is -2.26. The second-order valence-corrected chi connectivity index (χ2v) is 8.43. The summed E-state index contributed by atoms with van der Waals surface area (Å²) in [6, 6.07) is 11.7. The van der Waals surface area contributed by atoms with Gasteiger partial charge in [0, 0.05) is 17.5 Å². The van der Waals surface area contributed by atoms with Gasteiger partial charge in [-0.05, 0) is 54.4 Å². The summed E-state index contributed by atoms with van der Waals surface area (Å²) in [7, 11) is 0. The SMILES string of the molecule is Cc1ccc(NCC(C)(C)c2ccc3c(c2)OC(F)(F)O3)nc1-c1cc(C(=O)O)ccc1F. The van der Waals surface area contributed by atoms with Gasteiger partial charge in [-0.1, -0.05) is 26.0 Å². The number of carboxylic acid groups (broad SMARTS) is 1. The van der Waals surface area contributed by atoms with Crippen LogP contribution in [0.1, 0.15) is 35.3 Å². The number of carbonyl (C=O) groups is 1. The predicted molar refractivity (Wildman–Crippen MR) is 115 cm³/mol. The van der Waals surface area contributed by atoms with Crippen molar-refractivity contribution in [2.24, 2.45) is 0 Å². The molecule has 6 nitrogen and oxygen atoms in total. The van der Waals surface area contributed by atoms with Crippen molar-refractivity contribution in [1.29, 1.82) is 0 Å². The summed E-state index contributed by atoms with van der Waals surface area (Å²) in [5.74, 6) is -1.34. The molecule has 9 heteroatoms. The third kappa shape index (κ3) is 4.57.